The molecule has 4 rings (SSSR count). The lowest BCUT2D eigenvalue weighted by Gasteiger charge is -2.31. The number of amides is 3. The minimum absolute atomic E-state index is 0.0366. The number of rotatable bonds is 8. The van der Waals surface area contributed by atoms with Crippen LogP contribution < -0.4 is 20.1 Å². The van der Waals surface area contributed by atoms with Gasteiger partial charge in [0.2, 0.25) is 5.91 Å². The molecule has 0 spiro atoms. The third-order valence-corrected chi connectivity index (χ3v) is 7.06. The quantitative estimate of drug-likeness (QED) is 0.562. The molecule has 1 aliphatic heterocycles. The monoisotopic (exact) mass is 513 g/mol. The van der Waals surface area contributed by atoms with Gasteiger partial charge in [-0.05, 0) is 87.1 Å². The molecule has 192 valence electrons. The molecular weight excluding hydrogens is 482 g/mol. The van der Waals surface area contributed by atoms with Crippen LogP contribution in [0.5, 0.6) is 11.5 Å². The number of hydrogen-bond donors (Lipinski definition) is 2. The van der Waals surface area contributed by atoms with Gasteiger partial charge < -0.3 is 25.0 Å². The van der Waals surface area contributed by atoms with E-state index >= 15 is 0 Å². The SMILES string of the molecule is COc1ccc(C(=O)NC2CCC(NC(=O)[C@H]3CCCN3C(=O)COc3ccc(Cl)cc3)CC2)cc1. The maximum Gasteiger partial charge on any atom is 0.261 e. The Morgan fingerprint density at radius 1 is 0.889 bits per heavy atom. The van der Waals surface area contributed by atoms with Crippen LogP contribution in [-0.4, -0.2) is 61.0 Å². The maximum atomic E-state index is 13.0. The zero-order valence-electron chi connectivity index (χ0n) is 20.4. The molecule has 0 radical (unpaired) electrons. The summed E-state index contributed by atoms with van der Waals surface area (Å²) in [5.74, 6) is 0.847. The second kappa shape index (κ2) is 12.1. The predicted molar refractivity (Wildman–Crippen MR) is 136 cm³/mol. The van der Waals surface area contributed by atoms with E-state index in [1.54, 1.807) is 60.5 Å². The molecule has 2 aromatic carbocycles. The lowest BCUT2D eigenvalue weighted by atomic mass is 9.90. The van der Waals surface area contributed by atoms with Crippen LogP contribution in [0.25, 0.3) is 0 Å². The van der Waals surface area contributed by atoms with Gasteiger partial charge in [0.05, 0.1) is 7.11 Å². The summed E-state index contributed by atoms with van der Waals surface area (Å²) in [5.41, 5.74) is 0.595. The van der Waals surface area contributed by atoms with Crippen LogP contribution in [-0.2, 0) is 9.59 Å². The Balaban J connectivity index is 1.21. The smallest absolute Gasteiger partial charge is 0.261 e. The van der Waals surface area contributed by atoms with Crippen LogP contribution in [0.15, 0.2) is 48.5 Å². The average Bonchev–Trinajstić information content (AvgIpc) is 3.40. The number of halogens is 1. The number of ether oxygens (including phenoxy) is 2. The largest absolute Gasteiger partial charge is 0.497 e. The van der Waals surface area contributed by atoms with Crippen molar-refractivity contribution >= 4 is 29.3 Å². The van der Waals surface area contributed by atoms with E-state index in [2.05, 4.69) is 10.6 Å². The summed E-state index contributed by atoms with van der Waals surface area (Å²) < 4.78 is 10.7. The van der Waals surface area contributed by atoms with E-state index in [0.29, 0.717) is 35.1 Å². The Bertz CT molecular complexity index is 1050. The third kappa shape index (κ3) is 6.69. The Labute approximate surface area is 216 Å². The number of benzene rings is 2. The molecule has 1 saturated heterocycles. The molecule has 1 heterocycles. The number of carbonyl (C=O) groups is 3. The lowest BCUT2D eigenvalue weighted by Crippen LogP contribution is -2.51. The molecule has 0 bridgehead atoms. The van der Waals surface area contributed by atoms with Crippen molar-refractivity contribution in [2.24, 2.45) is 0 Å². The second-order valence-corrected chi connectivity index (χ2v) is 9.68. The van der Waals surface area contributed by atoms with Crippen molar-refractivity contribution in [1.29, 1.82) is 0 Å². The van der Waals surface area contributed by atoms with Crippen LogP contribution in [0.4, 0.5) is 0 Å². The first-order valence-electron chi connectivity index (χ1n) is 12.4. The van der Waals surface area contributed by atoms with Crippen molar-refractivity contribution in [2.45, 2.75) is 56.7 Å². The minimum Gasteiger partial charge on any atom is -0.497 e. The highest BCUT2D eigenvalue weighted by molar-refractivity contribution is 6.30. The molecule has 2 aliphatic rings. The topological polar surface area (TPSA) is 97.0 Å². The normalized spacial score (nSPS) is 21.5. The van der Waals surface area contributed by atoms with E-state index in [9.17, 15) is 14.4 Å². The van der Waals surface area contributed by atoms with E-state index in [1.807, 2.05) is 0 Å². The van der Waals surface area contributed by atoms with Gasteiger partial charge in [0.15, 0.2) is 6.61 Å². The molecule has 9 heteroatoms. The summed E-state index contributed by atoms with van der Waals surface area (Å²) in [7, 11) is 1.59. The molecule has 3 amide bonds. The van der Waals surface area contributed by atoms with Gasteiger partial charge in [-0.3, -0.25) is 14.4 Å². The molecule has 8 nitrogen and oxygen atoms in total. The van der Waals surface area contributed by atoms with Crippen LogP contribution in [0, 0.1) is 0 Å². The molecule has 1 saturated carbocycles. The van der Waals surface area contributed by atoms with Gasteiger partial charge in [0, 0.05) is 29.2 Å². The van der Waals surface area contributed by atoms with Crippen molar-refractivity contribution < 1.29 is 23.9 Å². The van der Waals surface area contributed by atoms with Crippen molar-refractivity contribution in [1.82, 2.24) is 15.5 Å². The highest BCUT2D eigenvalue weighted by Crippen LogP contribution is 2.23. The molecule has 1 atom stereocenters. The summed E-state index contributed by atoms with van der Waals surface area (Å²) in [6.45, 7) is 0.426. The highest BCUT2D eigenvalue weighted by atomic mass is 35.5. The van der Waals surface area contributed by atoms with Crippen LogP contribution in [0.1, 0.15) is 48.9 Å². The number of nitrogens with zero attached hydrogens (tertiary/aromatic N) is 1. The fraction of sp³-hybridized carbons (Fsp3) is 0.444. The van der Waals surface area contributed by atoms with E-state index in [-0.39, 0.29) is 36.4 Å². The number of hydrogen-bond acceptors (Lipinski definition) is 5. The molecule has 1 aliphatic carbocycles. The first kappa shape index (κ1) is 25.8. The van der Waals surface area contributed by atoms with Gasteiger partial charge in [-0.15, -0.1) is 0 Å². The van der Waals surface area contributed by atoms with Gasteiger partial charge in [-0.2, -0.15) is 0 Å². The van der Waals surface area contributed by atoms with Crippen LogP contribution in [0.3, 0.4) is 0 Å². The van der Waals surface area contributed by atoms with Crippen LogP contribution in [0.2, 0.25) is 5.02 Å². The Morgan fingerprint density at radius 3 is 2.14 bits per heavy atom. The fourth-order valence-electron chi connectivity index (χ4n) is 4.79. The number of carbonyl (C=O) groups excluding carboxylic acids is 3. The first-order valence-corrected chi connectivity index (χ1v) is 12.7. The number of methoxy groups -OCH3 is 1. The Hall–Kier alpha value is -3.26. The molecule has 36 heavy (non-hydrogen) atoms. The summed E-state index contributed by atoms with van der Waals surface area (Å²) >= 11 is 5.88. The Kier molecular flexibility index (Phi) is 8.70. The van der Waals surface area contributed by atoms with E-state index in [1.165, 1.54) is 0 Å². The van der Waals surface area contributed by atoms with Gasteiger partial charge in [-0.1, -0.05) is 11.6 Å². The van der Waals surface area contributed by atoms with E-state index in [0.717, 1.165) is 32.1 Å². The van der Waals surface area contributed by atoms with Crippen molar-refractivity contribution in [2.75, 3.05) is 20.3 Å². The third-order valence-electron chi connectivity index (χ3n) is 6.81. The Morgan fingerprint density at radius 2 is 1.50 bits per heavy atom. The maximum absolute atomic E-state index is 13.0. The van der Waals surface area contributed by atoms with Gasteiger partial charge in [0.25, 0.3) is 11.8 Å². The highest BCUT2D eigenvalue weighted by Gasteiger charge is 2.35. The average molecular weight is 514 g/mol. The van der Waals surface area contributed by atoms with Gasteiger partial charge in [-0.25, -0.2) is 0 Å². The molecule has 2 N–H and O–H groups in total. The van der Waals surface area contributed by atoms with Crippen molar-refractivity contribution in [3.05, 3.63) is 59.1 Å². The van der Waals surface area contributed by atoms with Crippen molar-refractivity contribution in [3.63, 3.8) is 0 Å². The molecule has 0 unspecified atom stereocenters. The lowest BCUT2D eigenvalue weighted by molar-refractivity contribution is -0.140. The number of nitrogens with one attached hydrogen (secondary N) is 2. The fourth-order valence-corrected chi connectivity index (χ4v) is 4.91. The van der Waals surface area contributed by atoms with E-state index < -0.39 is 6.04 Å². The van der Waals surface area contributed by atoms with E-state index in [4.69, 9.17) is 21.1 Å². The molecule has 2 fully saturated rings. The minimum atomic E-state index is -0.473. The van der Waals surface area contributed by atoms with Crippen LogP contribution >= 0.6 is 11.6 Å². The summed E-state index contributed by atoms with van der Waals surface area (Å²) in [4.78, 5) is 39.9. The van der Waals surface area contributed by atoms with Crippen molar-refractivity contribution in [3.8, 4) is 11.5 Å². The summed E-state index contributed by atoms with van der Waals surface area (Å²) in [5, 5.41) is 6.81. The summed E-state index contributed by atoms with van der Waals surface area (Å²) in [6.07, 6.45) is 4.56. The second-order valence-electron chi connectivity index (χ2n) is 9.25. The molecule has 2 aromatic rings. The zero-order chi connectivity index (χ0) is 25.5. The number of likely N-dealkylation sites (tertiary alicyclic amines) is 1. The first-order chi connectivity index (χ1) is 17.4. The standard InChI is InChI=1S/C27H32ClN3O5/c1-35-22-12-4-18(5-13-22)26(33)29-20-8-10-21(11-9-20)30-27(34)24-3-2-16-31(24)25(32)17-36-23-14-6-19(28)7-15-23/h4-7,12-15,20-21,24H,2-3,8-11,16-17H2,1H3,(H,29,33)(H,30,34)/t20?,21?,24-/m1/s1. The summed E-state index contributed by atoms with van der Waals surface area (Å²) in [6, 6.07) is 13.5. The van der Waals surface area contributed by atoms with Gasteiger partial charge >= 0.3 is 0 Å². The predicted octanol–water partition coefficient (Wildman–Crippen LogP) is 3.58. The van der Waals surface area contributed by atoms with Gasteiger partial charge in [0.1, 0.15) is 17.5 Å². The molecule has 0 aromatic heterocycles. The zero-order valence-corrected chi connectivity index (χ0v) is 21.1. The molecular formula is C27H32ClN3O5.